The van der Waals surface area contributed by atoms with Crippen molar-refractivity contribution in [3.05, 3.63) is 42.0 Å². The zero-order chi connectivity index (χ0) is 16.1. The molecular weight excluding hydrogens is 286 g/mol. The van der Waals surface area contributed by atoms with Crippen LogP contribution in [0.2, 0.25) is 0 Å². The Bertz CT molecular complexity index is 659. The zero-order valence-corrected chi connectivity index (χ0v) is 12.6. The molecule has 0 aromatic heterocycles. The van der Waals surface area contributed by atoms with Gasteiger partial charge in [-0.25, -0.2) is 0 Å². The molecule has 0 aliphatic heterocycles. The molecule has 0 saturated heterocycles. The van der Waals surface area contributed by atoms with Crippen LogP contribution in [0.4, 0.5) is 0 Å². The fourth-order valence-electron chi connectivity index (χ4n) is 2.00. The highest BCUT2D eigenvalue weighted by Gasteiger charge is 2.16. The molecular formula is C16H17NO5. The Kier molecular flexibility index (Phi) is 4.73. The van der Waals surface area contributed by atoms with Gasteiger partial charge in [0.05, 0.1) is 26.9 Å². The van der Waals surface area contributed by atoms with E-state index in [0.29, 0.717) is 28.7 Å². The Hall–Kier alpha value is -2.89. The van der Waals surface area contributed by atoms with Gasteiger partial charge in [0.25, 0.3) is 5.91 Å². The number of benzene rings is 2. The van der Waals surface area contributed by atoms with Crippen LogP contribution in [-0.4, -0.2) is 27.2 Å². The van der Waals surface area contributed by atoms with Crippen molar-refractivity contribution in [3.8, 4) is 28.7 Å². The minimum Gasteiger partial charge on any atom is -0.493 e. The molecule has 0 spiro atoms. The number of rotatable bonds is 6. The Morgan fingerprint density at radius 2 is 1.50 bits per heavy atom. The smallest absolute Gasteiger partial charge is 0.252 e. The number of carbonyl (C=O) groups excluding carboxylic acids is 1. The Morgan fingerprint density at radius 3 is 2.00 bits per heavy atom. The number of carbonyl (C=O) groups is 1. The summed E-state index contributed by atoms with van der Waals surface area (Å²) in [5.41, 5.74) is 5.63. The summed E-state index contributed by atoms with van der Waals surface area (Å²) in [6.45, 7) is 0. The highest BCUT2D eigenvalue weighted by atomic mass is 16.5. The van der Waals surface area contributed by atoms with E-state index in [4.69, 9.17) is 24.7 Å². The molecule has 2 rings (SSSR count). The molecule has 0 unspecified atom stereocenters. The number of methoxy groups -OCH3 is 3. The number of para-hydroxylation sites is 1. The van der Waals surface area contributed by atoms with Gasteiger partial charge in [-0.1, -0.05) is 12.1 Å². The SMILES string of the molecule is COc1cc(Oc2ccccc2C(N)=O)cc(OC)c1OC. The van der Waals surface area contributed by atoms with Gasteiger partial charge in [0.15, 0.2) is 11.5 Å². The van der Waals surface area contributed by atoms with Gasteiger partial charge in [-0.05, 0) is 12.1 Å². The highest BCUT2D eigenvalue weighted by Crippen LogP contribution is 2.42. The fourth-order valence-corrected chi connectivity index (χ4v) is 2.00. The maximum Gasteiger partial charge on any atom is 0.252 e. The number of ether oxygens (including phenoxy) is 4. The molecule has 0 atom stereocenters. The van der Waals surface area contributed by atoms with Crippen LogP contribution in [0.5, 0.6) is 28.7 Å². The summed E-state index contributed by atoms with van der Waals surface area (Å²) >= 11 is 0. The van der Waals surface area contributed by atoms with E-state index in [0.717, 1.165) is 0 Å². The average molecular weight is 303 g/mol. The van der Waals surface area contributed by atoms with E-state index in [1.807, 2.05) is 0 Å². The zero-order valence-electron chi connectivity index (χ0n) is 12.6. The highest BCUT2D eigenvalue weighted by molar-refractivity contribution is 5.95. The molecule has 0 bridgehead atoms. The van der Waals surface area contributed by atoms with Crippen LogP contribution in [0.1, 0.15) is 10.4 Å². The molecule has 0 radical (unpaired) electrons. The minimum absolute atomic E-state index is 0.288. The van der Waals surface area contributed by atoms with Crippen molar-refractivity contribution in [3.63, 3.8) is 0 Å². The van der Waals surface area contributed by atoms with Gasteiger partial charge in [0.1, 0.15) is 11.5 Å². The first-order valence-corrected chi connectivity index (χ1v) is 6.47. The number of hydrogen-bond acceptors (Lipinski definition) is 5. The van der Waals surface area contributed by atoms with Crippen LogP contribution in [0.15, 0.2) is 36.4 Å². The van der Waals surface area contributed by atoms with Crippen LogP contribution in [-0.2, 0) is 0 Å². The van der Waals surface area contributed by atoms with Gasteiger partial charge in [-0.15, -0.1) is 0 Å². The second-order valence-electron chi connectivity index (χ2n) is 4.32. The summed E-state index contributed by atoms with van der Waals surface area (Å²) in [5, 5.41) is 0. The second kappa shape index (κ2) is 6.71. The summed E-state index contributed by atoms with van der Waals surface area (Å²) in [7, 11) is 4.54. The van der Waals surface area contributed by atoms with Crippen LogP contribution >= 0.6 is 0 Å². The molecule has 0 aliphatic carbocycles. The first kappa shape index (κ1) is 15.5. The summed E-state index contributed by atoms with van der Waals surface area (Å²) in [5.74, 6) is 1.58. The average Bonchev–Trinajstić information content (AvgIpc) is 2.54. The topological polar surface area (TPSA) is 80.0 Å². The molecule has 2 N–H and O–H groups in total. The van der Waals surface area contributed by atoms with E-state index in [1.54, 1.807) is 36.4 Å². The van der Waals surface area contributed by atoms with Crippen LogP contribution < -0.4 is 24.7 Å². The van der Waals surface area contributed by atoms with Gasteiger partial charge < -0.3 is 24.7 Å². The van der Waals surface area contributed by atoms with Crippen molar-refractivity contribution in [1.29, 1.82) is 0 Å². The maximum atomic E-state index is 11.4. The molecule has 0 aliphatic rings. The standard InChI is InChI=1S/C16H17NO5/c1-19-13-8-10(9-14(20-2)15(13)21-3)22-12-7-5-4-6-11(12)16(17)18/h4-9H,1-3H3,(H2,17,18). The predicted molar refractivity (Wildman–Crippen MR) is 81.1 cm³/mol. The van der Waals surface area contributed by atoms with E-state index in [2.05, 4.69) is 0 Å². The van der Waals surface area contributed by atoms with Crippen molar-refractivity contribution in [2.75, 3.05) is 21.3 Å². The summed E-state index contributed by atoms with van der Waals surface area (Å²) in [6, 6.07) is 9.99. The first-order chi connectivity index (χ1) is 10.6. The van der Waals surface area contributed by atoms with Crippen molar-refractivity contribution in [2.45, 2.75) is 0 Å². The Balaban J connectivity index is 2.44. The van der Waals surface area contributed by atoms with Gasteiger partial charge in [0, 0.05) is 12.1 Å². The predicted octanol–water partition coefficient (Wildman–Crippen LogP) is 2.60. The largest absolute Gasteiger partial charge is 0.493 e. The molecule has 1 amide bonds. The molecule has 6 nitrogen and oxygen atoms in total. The molecule has 0 saturated carbocycles. The third kappa shape index (κ3) is 3.06. The number of nitrogens with two attached hydrogens (primary N) is 1. The van der Waals surface area contributed by atoms with Gasteiger partial charge >= 0.3 is 0 Å². The summed E-state index contributed by atoms with van der Waals surface area (Å²) in [4.78, 5) is 11.4. The van der Waals surface area contributed by atoms with Crippen LogP contribution in [0, 0.1) is 0 Å². The van der Waals surface area contributed by atoms with Crippen molar-refractivity contribution in [2.24, 2.45) is 5.73 Å². The summed E-state index contributed by atoms with van der Waals surface area (Å²) < 4.78 is 21.5. The third-order valence-corrected chi connectivity index (χ3v) is 3.02. The van der Waals surface area contributed by atoms with Crippen molar-refractivity contribution in [1.82, 2.24) is 0 Å². The van der Waals surface area contributed by atoms with Crippen LogP contribution in [0.25, 0.3) is 0 Å². The normalized spacial score (nSPS) is 9.95. The van der Waals surface area contributed by atoms with Gasteiger partial charge in [-0.3, -0.25) is 4.79 Å². The molecule has 116 valence electrons. The Labute approximate surface area is 128 Å². The number of primary amides is 1. The molecule has 22 heavy (non-hydrogen) atoms. The Morgan fingerprint density at radius 1 is 0.909 bits per heavy atom. The van der Waals surface area contributed by atoms with E-state index < -0.39 is 5.91 Å². The lowest BCUT2D eigenvalue weighted by Crippen LogP contribution is -2.12. The minimum atomic E-state index is -0.567. The number of hydrogen-bond donors (Lipinski definition) is 1. The van der Waals surface area contributed by atoms with E-state index in [1.165, 1.54) is 21.3 Å². The molecule has 0 fully saturated rings. The number of amides is 1. The monoisotopic (exact) mass is 303 g/mol. The lowest BCUT2D eigenvalue weighted by Gasteiger charge is -2.15. The molecule has 2 aromatic rings. The quantitative estimate of drug-likeness (QED) is 0.887. The third-order valence-electron chi connectivity index (χ3n) is 3.02. The lowest BCUT2D eigenvalue weighted by molar-refractivity contribution is 0.0998. The van der Waals surface area contributed by atoms with E-state index in [9.17, 15) is 4.79 Å². The lowest BCUT2D eigenvalue weighted by atomic mass is 10.2. The fraction of sp³-hybridized carbons (Fsp3) is 0.188. The molecule has 6 heteroatoms. The van der Waals surface area contributed by atoms with Crippen molar-refractivity contribution >= 4 is 5.91 Å². The summed E-state index contributed by atoms with van der Waals surface area (Å²) in [6.07, 6.45) is 0. The first-order valence-electron chi connectivity index (χ1n) is 6.47. The van der Waals surface area contributed by atoms with Crippen LogP contribution in [0.3, 0.4) is 0 Å². The van der Waals surface area contributed by atoms with Gasteiger partial charge in [0.2, 0.25) is 5.75 Å². The van der Waals surface area contributed by atoms with E-state index >= 15 is 0 Å². The maximum absolute atomic E-state index is 11.4. The van der Waals surface area contributed by atoms with Crippen molar-refractivity contribution < 1.29 is 23.7 Å². The second-order valence-corrected chi connectivity index (χ2v) is 4.32. The molecule has 2 aromatic carbocycles. The van der Waals surface area contributed by atoms with E-state index in [-0.39, 0.29) is 5.56 Å². The van der Waals surface area contributed by atoms with Gasteiger partial charge in [-0.2, -0.15) is 0 Å². The molecule has 0 heterocycles.